The van der Waals surface area contributed by atoms with Crippen molar-refractivity contribution in [2.75, 3.05) is 46.1 Å². The van der Waals surface area contributed by atoms with Crippen molar-refractivity contribution >= 4 is 18.1 Å². The van der Waals surface area contributed by atoms with Gasteiger partial charge >= 0.3 is 18.1 Å². The van der Waals surface area contributed by atoms with Gasteiger partial charge in [0.15, 0.2) is 0 Å². The van der Waals surface area contributed by atoms with Crippen molar-refractivity contribution in [3.63, 3.8) is 0 Å². The lowest BCUT2D eigenvalue weighted by molar-refractivity contribution is -0.152. The molecule has 0 amide bonds. The van der Waals surface area contributed by atoms with Gasteiger partial charge in [-0.1, -0.05) is 90.9 Å². The Hall–Kier alpha value is -1.83. The van der Waals surface area contributed by atoms with Crippen molar-refractivity contribution in [1.29, 1.82) is 0 Å². The predicted octanol–water partition coefficient (Wildman–Crippen LogP) is 9.03. The van der Waals surface area contributed by atoms with Gasteiger partial charge < -0.3 is 23.8 Å². The third-order valence-electron chi connectivity index (χ3n) is 10.8. The van der Waals surface area contributed by atoms with Crippen LogP contribution in [0.1, 0.15) is 155 Å². The minimum absolute atomic E-state index is 0.0208. The maximum atomic E-state index is 13.0. The summed E-state index contributed by atoms with van der Waals surface area (Å²) in [6, 6.07) is 0. The molecule has 0 aromatic rings. The van der Waals surface area contributed by atoms with Gasteiger partial charge in [-0.05, 0) is 81.7 Å². The van der Waals surface area contributed by atoms with Crippen LogP contribution in [0.3, 0.4) is 0 Å². The van der Waals surface area contributed by atoms with Crippen LogP contribution in [-0.2, 0) is 28.5 Å². The van der Waals surface area contributed by atoms with Crippen LogP contribution in [-0.4, -0.2) is 69.1 Å². The summed E-state index contributed by atoms with van der Waals surface area (Å²) in [5, 5.41) is 0. The largest absolute Gasteiger partial charge is 0.508 e. The second-order valence-corrected chi connectivity index (χ2v) is 14.8. The molecule has 3 aliphatic rings. The van der Waals surface area contributed by atoms with E-state index in [1.54, 1.807) is 0 Å². The second-order valence-electron chi connectivity index (χ2n) is 14.8. The molecule has 3 fully saturated rings. The molecule has 0 radical (unpaired) electrons. The number of nitrogens with zero attached hydrogens (tertiary/aromatic N) is 1. The standard InChI is InChI=1S/C38H67NO7/c1-3-5-6-7-8-9-10-11-12-13-14-18-35(40)44-29-34(31-46-37(42)43-24-17-23-39-21-15-16-22-39)30-45-36(41)28-38(4-2)26-32-19-20-33(25-32)27-38/h32-34H,3-31H2,1-2H3/t32-,33+,34?,38?. The Morgan fingerprint density at radius 2 is 1.26 bits per heavy atom. The summed E-state index contributed by atoms with van der Waals surface area (Å²) in [4.78, 5) is 40.2. The SMILES string of the molecule is CCCCCCCCCCCCCC(=O)OCC(COC(=O)CC1(CC)C[C@@H]2CC[C@@H](C2)C1)COC(=O)OCCCN1CCCC1. The number of carbonyl (C=O) groups is 3. The van der Waals surface area contributed by atoms with Gasteiger partial charge in [-0.2, -0.15) is 0 Å². The highest BCUT2D eigenvalue weighted by molar-refractivity contribution is 5.70. The lowest BCUT2D eigenvalue weighted by Crippen LogP contribution is -2.33. The summed E-state index contributed by atoms with van der Waals surface area (Å²) in [7, 11) is 0. The summed E-state index contributed by atoms with van der Waals surface area (Å²) in [6.07, 6.45) is 23.9. The van der Waals surface area contributed by atoms with E-state index in [4.69, 9.17) is 18.9 Å². The number of unbranched alkanes of at least 4 members (excludes halogenated alkanes) is 10. The van der Waals surface area contributed by atoms with Gasteiger partial charge in [0.05, 0.1) is 18.9 Å². The van der Waals surface area contributed by atoms with Crippen LogP contribution in [0.2, 0.25) is 0 Å². The van der Waals surface area contributed by atoms with Gasteiger partial charge in [0, 0.05) is 13.0 Å². The molecule has 2 saturated carbocycles. The van der Waals surface area contributed by atoms with E-state index in [1.807, 2.05) is 0 Å². The third-order valence-corrected chi connectivity index (χ3v) is 10.8. The molecular weight excluding hydrogens is 582 g/mol. The van der Waals surface area contributed by atoms with Crippen LogP contribution in [0.4, 0.5) is 4.79 Å². The number of ether oxygens (including phenoxy) is 4. The van der Waals surface area contributed by atoms with Crippen molar-refractivity contribution in [2.45, 2.75) is 155 Å². The summed E-state index contributed by atoms with van der Waals surface area (Å²) >= 11 is 0. The number of hydrogen-bond acceptors (Lipinski definition) is 8. The van der Waals surface area contributed by atoms with Crippen molar-refractivity contribution in [3.05, 3.63) is 0 Å². The zero-order valence-corrected chi connectivity index (χ0v) is 29.5. The van der Waals surface area contributed by atoms with E-state index in [1.165, 1.54) is 83.5 Å². The lowest BCUT2D eigenvalue weighted by Gasteiger charge is -2.39. The van der Waals surface area contributed by atoms with Gasteiger partial charge in [-0.15, -0.1) is 0 Å². The van der Waals surface area contributed by atoms with Gasteiger partial charge in [-0.25, -0.2) is 4.79 Å². The summed E-state index contributed by atoms with van der Waals surface area (Å²) < 4.78 is 22.0. The molecule has 0 aromatic carbocycles. The molecule has 1 heterocycles. The molecule has 0 N–H and O–H groups in total. The minimum atomic E-state index is -0.729. The van der Waals surface area contributed by atoms with Crippen molar-refractivity contribution < 1.29 is 33.3 Å². The smallest absolute Gasteiger partial charge is 0.465 e. The van der Waals surface area contributed by atoms with Gasteiger partial charge in [0.1, 0.15) is 19.8 Å². The van der Waals surface area contributed by atoms with E-state index in [2.05, 4.69) is 18.7 Å². The molecule has 266 valence electrons. The Labute approximate surface area is 280 Å². The highest BCUT2D eigenvalue weighted by atomic mass is 16.7. The first-order chi connectivity index (χ1) is 22.4. The number of hydrogen-bond donors (Lipinski definition) is 0. The van der Waals surface area contributed by atoms with Crippen LogP contribution in [0.15, 0.2) is 0 Å². The van der Waals surface area contributed by atoms with Crippen LogP contribution in [0, 0.1) is 23.2 Å². The highest BCUT2D eigenvalue weighted by Gasteiger charge is 2.44. The van der Waals surface area contributed by atoms with Crippen molar-refractivity contribution in [1.82, 2.24) is 4.90 Å². The Kier molecular flexibility index (Phi) is 19.0. The molecule has 0 spiro atoms. The number of likely N-dealkylation sites (tertiary alicyclic amines) is 1. The molecule has 8 heteroatoms. The Morgan fingerprint density at radius 1 is 0.696 bits per heavy atom. The molecule has 8 nitrogen and oxygen atoms in total. The third kappa shape index (κ3) is 15.8. The van der Waals surface area contributed by atoms with Crippen molar-refractivity contribution in [2.24, 2.45) is 23.2 Å². The Morgan fingerprint density at radius 3 is 1.87 bits per heavy atom. The van der Waals surface area contributed by atoms with E-state index in [0.29, 0.717) is 19.4 Å². The summed E-state index contributed by atoms with van der Waals surface area (Å²) in [6.45, 7) is 7.99. The molecular formula is C38H67NO7. The van der Waals surface area contributed by atoms with Crippen LogP contribution >= 0.6 is 0 Å². The van der Waals surface area contributed by atoms with E-state index < -0.39 is 12.1 Å². The molecule has 2 unspecified atom stereocenters. The molecule has 1 aliphatic heterocycles. The topological polar surface area (TPSA) is 91.4 Å². The molecule has 2 bridgehead atoms. The van der Waals surface area contributed by atoms with Crippen LogP contribution < -0.4 is 0 Å². The highest BCUT2D eigenvalue weighted by Crippen LogP contribution is 2.53. The molecule has 4 atom stereocenters. The fourth-order valence-corrected chi connectivity index (χ4v) is 8.02. The summed E-state index contributed by atoms with van der Waals surface area (Å²) in [5.74, 6) is 0.606. The van der Waals surface area contributed by atoms with Gasteiger partial charge in [0.2, 0.25) is 0 Å². The fraction of sp³-hybridized carbons (Fsp3) is 0.921. The molecule has 46 heavy (non-hydrogen) atoms. The first kappa shape index (κ1) is 38.6. The van der Waals surface area contributed by atoms with E-state index in [0.717, 1.165) is 76.4 Å². The van der Waals surface area contributed by atoms with E-state index >= 15 is 0 Å². The zero-order valence-electron chi connectivity index (χ0n) is 29.5. The number of fused-ring (bicyclic) bond motifs is 2. The lowest BCUT2D eigenvalue weighted by atomic mass is 9.66. The molecule has 2 aliphatic carbocycles. The normalized spacial score (nSPS) is 23.3. The first-order valence-electron chi connectivity index (χ1n) is 19.2. The van der Waals surface area contributed by atoms with Gasteiger partial charge in [-0.3, -0.25) is 9.59 Å². The zero-order chi connectivity index (χ0) is 32.9. The number of esters is 2. The van der Waals surface area contributed by atoms with E-state index in [-0.39, 0.29) is 37.2 Å². The minimum Gasteiger partial charge on any atom is -0.465 e. The number of rotatable bonds is 25. The summed E-state index contributed by atoms with van der Waals surface area (Å²) in [5.41, 5.74) is 0.0349. The van der Waals surface area contributed by atoms with Crippen LogP contribution in [0.25, 0.3) is 0 Å². The quantitative estimate of drug-likeness (QED) is 0.0550. The predicted molar refractivity (Wildman–Crippen MR) is 181 cm³/mol. The van der Waals surface area contributed by atoms with Crippen LogP contribution in [0.5, 0.6) is 0 Å². The maximum absolute atomic E-state index is 13.0. The average molecular weight is 650 g/mol. The first-order valence-corrected chi connectivity index (χ1v) is 19.2. The second kappa shape index (κ2) is 22.7. The van der Waals surface area contributed by atoms with Gasteiger partial charge in [0.25, 0.3) is 0 Å². The Balaban J connectivity index is 1.34. The Bertz CT molecular complexity index is 846. The molecule has 3 rings (SSSR count). The maximum Gasteiger partial charge on any atom is 0.508 e. The monoisotopic (exact) mass is 649 g/mol. The fourth-order valence-electron chi connectivity index (χ4n) is 8.02. The molecule has 0 aromatic heterocycles. The average Bonchev–Trinajstić information content (AvgIpc) is 3.70. The van der Waals surface area contributed by atoms with E-state index in [9.17, 15) is 14.4 Å². The van der Waals surface area contributed by atoms with Crippen molar-refractivity contribution in [3.8, 4) is 0 Å². The molecule has 1 saturated heterocycles. The number of carbonyl (C=O) groups excluding carboxylic acids is 3.